The molecule has 1 aliphatic heterocycles. The fraction of sp³-hybridized carbons (Fsp3) is 0.500. The standard InChI is InChI=1S/C28H32ClF5N4O2.H3O4P/c29-20-7-9-22(23(16-20)38-14-12-37(13-15-38)11-10-28(32,33)34)36-27(40)21-8-6-19(24(30)25(21)31)17-35-26(39)18-4-2-1-3-5-18;1-5(2,3)4/h6-9,16,18H,1-5,10-15,17H2,(H,35,39)(H,36,40);(H3,1,2,3,4). The van der Waals surface area contributed by atoms with Crippen LogP contribution in [0.4, 0.5) is 33.3 Å². The minimum Gasteiger partial charge on any atom is -0.367 e. The van der Waals surface area contributed by atoms with E-state index in [1.54, 1.807) is 11.0 Å². The summed E-state index contributed by atoms with van der Waals surface area (Å²) in [6, 6.07) is 7.13. The van der Waals surface area contributed by atoms with E-state index in [4.69, 9.17) is 30.8 Å². The van der Waals surface area contributed by atoms with Gasteiger partial charge in [0, 0.05) is 55.8 Å². The number of hydrogen-bond donors (Lipinski definition) is 5. The number of anilines is 2. The van der Waals surface area contributed by atoms with Gasteiger partial charge in [-0.3, -0.25) is 14.5 Å². The van der Waals surface area contributed by atoms with Crippen LogP contribution in [0.3, 0.4) is 0 Å². The van der Waals surface area contributed by atoms with Crippen LogP contribution in [-0.4, -0.2) is 70.3 Å². The Morgan fingerprint density at radius 2 is 1.58 bits per heavy atom. The summed E-state index contributed by atoms with van der Waals surface area (Å²) in [7, 11) is -4.64. The molecule has 0 spiro atoms. The highest BCUT2D eigenvalue weighted by Crippen LogP contribution is 2.32. The molecule has 0 bridgehead atoms. The van der Waals surface area contributed by atoms with E-state index in [1.807, 2.05) is 4.90 Å². The molecule has 0 unspecified atom stereocenters. The van der Waals surface area contributed by atoms with Gasteiger partial charge in [0.25, 0.3) is 5.91 Å². The van der Waals surface area contributed by atoms with Crippen LogP contribution in [0.25, 0.3) is 0 Å². The number of amides is 2. The van der Waals surface area contributed by atoms with Crippen LogP contribution in [0.15, 0.2) is 30.3 Å². The fourth-order valence-corrected chi connectivity index (χ4v) is 5.32. The Morgan fingerprint density at radius 3 is 2.18 bits per heavy atom. The smallest absolute Gasteiger partial charge is 0.367 e. The molecule has 10 nitrogen and oxygen atoms in total. The Kier molecular flexibility index (Phi) is 13.2. The molecule has 1 aliphatic carbocycles. The van der Waals surface area contributed by atoms with Crippen LogP contribution in [-0.2, 0) is 15.9 Å². The minimum atomic E-state index is -4.64. The van der Waals surface area contributed by atoms with Crippen molar-refractivity contribution in [2.24, 2.45) is 5.92 Å². The molecule has 17 heteroatoms. The number of rotatable bonds is 8. The SMILES string of the molecule is O=C(Nc1ccc(Cl)cc1N1CCN(CCC(F)(F)F)CC1)c1ccc(CNC(=O)C2CCCCC2)c(F)c1F.O=P(O)(O)O. The Hall–Kier alpha value is -2.81. The topological polar surface area (TPSA) is 142 Å². The van der Waals surface area contributed by atoms with Gasteiger partial charge < -0.3 is 30.2 Å². The summed E-state index contributed by atoms with van der Waals surface area (Å²) < 4.78 is 76.4. The maximum atomic E-state index is 14.9. The van der Waals surface area contributed by atoms with Crippen LogP contribution in [0.1, 0.15) is 54.4 Å². The van der Waals surface area contributed by atoms with E-state index < -0.39 is 43.5 Å². The van der Waals surface area contributed by atoms with Crippen molar-refractivity contribution >= 4 is 42.6 Å². The van der Waals surface area contributed by atoms with Crippen molar-refractivity contribution in [3.8, 4) is 0 Å². The first-order chi connectivity index (χ1) is 21.0. The number of carbonyl (C=O) groups is 2. The average Bonchev–Trinajstić information content (AvgIpc) is 2.97. The molecule has 45 heavy (non-hydrogen) atoms. The van der Waals surface area contributed by atoms with E-state index in [9.17, 15) is 31.5 Å². The fourth-order valence-electron chi connectivity index (χ4n) is 5.15. The van der Waals surface area contributed by atoms with E-state index in [0.717, 1.165) is 32.1 Å². The molecule has 5 N–H and O–H groups in total. The highest BCUT2D eigenvalue weighted by molar-refractivity contribution is 7.45. The highest BCUT2D eigenvalue weighted by atomic mass is 35.5. The van der Waals surface area contributed by atoms with Crippen molar-refractivity contribution in [3.05, 3.63) is 58.1 Å². The molecule has 0 radical (unpaired) electrons. The predicted molar refractivity (Wildman–Crippen MR) is 158 cm³/mol. The Balaban J connectivity index is 0.00000102. The summed E-state index contributed by atoms with van der Waals surface area (Å²) in [5, 5.41) is 5.66. The van der Waals surface area contributed by atoms with Gasteiger partial charge in [-0.15, -0.1) is 0 Å². The number of halogens is 6. The molecular weight excluding hydrogens is 650 g/mol. The number of alkyl halides is 3. The van der Waals surface area contributed by atoms with Gasteiger partial charge in [0.1, 0.15) is 0 Å². The number of piperazine rings is 1. The molecule has 1 saturated carbocycles. The summed E-state index contributed by atoms with van der Waals surface area (Å²) in [4.78, 5) is 50.5. The second-order valence-corrected chi connectivity index (χ2v) is 12.2. The maximum Gasteiger partial charge on any atom is 0.466 e. The van der Waals surface area contributed by atoms with Gasteiger partial charge in [0.15, 0.2) is 11.6 Å². The largest absolute Gasteiger partial charge is 0.466 e. The van der Waals surface area contributed by atoms with Crippen molar-refractivity contribution in [1.29, 1.82) is 0 Å². The van der Waals surface area contributed by atoms with Crippen LogP contribution in [0.5, 0.6) is 0 Å². The summed E-state index contributed by atoms with van der Waals surface area (Å²) in [5.41, 5.74) is 0.271. The normalized spacial score (nSPS) is 16.5. The third-order valence-corrected chi connectivity index (χ3v) is 7.70. The molecule has 2 amide bonds. The first-order valence-electron chi connectivity index (χ1n) is 14.2. The van der Waals surface area contributed by atoms with Gasteiger partial charge in [-0.1, -0.05) is 36.9 Å². The van der Waals surface area contributed by atoms with E-state index in [1.165, 1.54) is 24.3 Å². The lowest BCUT2D eigenvalue weighted by molar-refractivity contribution is -0.138. The van der Waals surface area contributed by atoms with Crippen molar-refractivity contribution in [1.82, 2.24) is 10.2 Å². The van der Waals surface area contributed by atoms with Gasteiger partial charge in [0.2, 0.25) is 5.91 Å². The lowest BCUT2D eigenvalue weighted by Gasteiger charge is -2.37. The number of phosphoric acid groups is 1. The number of benzene rings is 2. The van der Waals surface area contributed by atoms with Crippen molar-refractivity contribution in [2.45, 2.75) is 51.2 Å². The molecule has 2 aliphatic rings. The number of carbonyl (C=O) groups excluding carboxylic acids is 2. The number of nitrogens with zero attached hydrogens (tertiary/aromatic N) is 2. The number of nitrogens with one attached hydrogen (secondary N) is 2. The molecule has 0 aromatic heterocycles. The van der Waals surface area contributed by atoms with E-state index >= 15 is 0 Å². The van der Waals surface area contributed by atoms with Gasteiger partial charge >= 0.3 is 14.0 Å². The third-order valence-electron chi connectivity index (χ3n) is 7.47. The van der Waals surface area contributed by atoms with Crippen LogP contribution in [0, 0.1) is 17.6 Å². The molecule has 250 valence electrons. The Bertz CT molecular complexity index is 1370. The maximum absolute atomic E-state index is 14.9. The molecule has 1 heterocycles. The lowest BCUT2D eigenvalue weighted by Crippen LogP contribution is -2.47. The minimum absolute atomic E-state index is 0.0613. The van der Waals surface area contributed by atoms with Crippen molar-refractivity contribution < 1.29 is 50.8 Å². The Morgan fingerprint density at radius 1 is 0.956 bits per heavy atom. The first-order valence-corrected chi connectivity index (χ1v) is 16.1. The zero-order valence-electron chi connectivity index (χ0n) is 24.1. The van der Waals surface area contributed by atoms with Gasteiger partial charge in [-0.2, -0.15) is 13.2 Å². The van der Waals surface area contributed by atoms with Gasteiger partial charge in [-0.25, -0.2) is 13.3 Å². The quantitative estimate of drug-likeness (QED) is 0.189. The van der Waals surface area contributed by atoms with Crippen LogP contribution in [0.2, 0.25) is 5.02 Å². The molecule has 2 fully saturated rings. The molecule has 1 saturated heterocycles. The molecule has 0 atom stereocenters. The average molecular weight is 685 g/mol. The molecular formula is C28H35ClF5N4O6P. The second kappa shape index (κ2) is 16.1. The van der Waals surface area contributed by atoms with E-state index in [2.05, 4.69) is 10.6 Å². The lowest BCUT2D eigenvalue weighted by atomic mass is 9.88. The first kappa shape index (κ1) is 36.7. The Labute approximate surface area is 261 Å². The van der Waals surface area contributed by atoms with Crippen molar-refractivity contribution in [3.63, 3.8) is 0 Å². The third kappa shape index (κ3) is 12.1. The molecule has 2 aromatic rings. The predicted octanol–water partition coefficient (Wildman–Crippen LogP) is 5.21. The molecule has 4 rings (SSSR count). The van der Waals surface area contributed by atoms with Crippen LogP contribution < -0.4 is 15.5 Å². The molecule has 2 aromatic carbocycles. The highest BCUT2D eigenvalue weighted by Gasteiger charge is 2.29. The zero-order valence-corrected chi connectivity index (χ0v) is 25.8. The zero-order chi connectivity index (χ0) is 33.4. The summed E-state index contributed by atoms with van der Waals surface area (Å²) >= 11 is 6.17. The summed E-state index contributed by atoms with van der Waals surface area (Å²) in [6.45, 7) is 1.28. The van der Waals surface area contributed by atoms with Gasteiger partial charge in [0.05, 0.1) is 23.4 Å². The summed E-state index contributed by atoms with van der Waals surface area (Å²) in [5.74, 6) is -3.71. The van der Waals surface area contributed by atoms with E-state index in [-0.39, 0.29) is 30.5 Å². The van der Waals surface area contributed by atoms with Crippen molar-refractivity contribution in [2.75, 3.05) is 42.9 Å². The van der Waals surface area contributed by atoms with Gasteiger partial charge in [-0.05, 0) is 37.1 Å². The van der Waals surface area contributed by atoms with E-state index in [0.29, 0.717) is 42.6 Å². The van der Waals surface area contributed by atoms with Crippen LogP contribution >= 0.6 is 19.4 Å². The monoisotopic (exact) mass is 684 g/mol. The summed E-state index contributed by atoms with van der Waals surface area (Å²) in [6.07, 6.45) is -0.523. The second-order valence-electron chi connectivity index (χ2n) is 10.8. The number of hydrogen-bond acceptors (Lipinski definition) is 5.